The van der Waals surface area contributed by atoms with Gasteiger partial charge in [-0.15, -0.1) is 0 Å². The van der Waals surface area contributed by atoms with Gasteiger partial charge >= 0.3 is 11.9 Å². The second kappa shape index (κ2) is 2.56. The Kier molecular flexibility index (Phi) is 1.46. The monoisotopic (exact) mass is 190 g/mol. The van der Waals surface area contributed by atoms with Crippen LogP contribution in [0.5, 0.6) is 0 Å². The number of hydrogen-bond donors (Lipinski definition) is 0. The van der Waals surface area contributed by atoms with E-state index in [4.69, 9.17) is 0 Å². The molecular weight excluding hydrogens is 180 g/mol. The summed E-state index contributed by atoms with van der Waals surface area (Å²) in [5, 5.41) is 0. The van der Waals surface area contributed by atoms with Crippen molar-refractivity contribution in [3.63, 3.8) is 0 Å². The number of carbonyl (C=O) groups excluding carboxylic acids is 2. The maximum atomic E-state index is 11.4. The van der Waals surface area contributed by atoms with Crippen LogP contribution in [0, 0.1) is 5.92 Å². The van der Waals surface area contributed by atoms with E-state index in [9.17, 15) is 9.59 Å². The lowest BCUT2D eigenvalue weighted by Gasteiger charge is -2.16. The van der Waals surface area contributed by atoms with E-state index < -0.39 is 11.9 Å². The summed E-state index contributed by atoms with van der Waals surface area (Å²) in [6.07, 6.45) is 5.87. The van der Waals surface area contributed by atoms with Crippen LogP contribution in [0.25, 0.3) is 0 Å². The minimum absolute atomic E-state index is 0.192. The Balaban J connectivity index is 2.09. The first-order valence-electron chi connectivity index (χ1n) is 4.96. The molecule has 3 rings (SSSR count). The molecular formula is C11H10O3. The van der Waals surface area contributed by atoms with Crippen LogP contribution >= 0.6 is 0 Å². The predicted molar refractivity (Wildman–Crippen MR) is 48.2 cm³/mol. The molecule has 14 heavy (non-hydrogen) atoms. The quantitative estimate of drug-likeness (QED) is 0.330. The van der Waals surface area contributed by atoms with Gasteiger partial charge in [-0.1, -0.05) is 11.6 Å². The molecule has 2 aliphatic carbocycles. The number of carbonyl (C=O) groups is 2. The van der Waals surface area contributed by atoms with Gasteiger partial charge in [-0.05, 0) is 25.7 Å². The third-order valence-electron chi connectivity index (χ3n) is 3.30. The van der Waals surface area contributed by atoms with Crippen molar-refractivity contribution in [1.82, 2.24) is 0 Å². The molecule has 0 aromatic heterocycles. The summed E-state index contributed by atoms with van der Waals surface area (Å²) < 4.78 is 4.63. The Hall–Kier alpha value is -1.38. The average Bonchev–Trinajstić information content (AvgIpc) is 2.71. The standard InChI is InChI=1S/C11H10O3/c12-10-8-5-4-6-2-1-3-7(6)9(8)11(13)14-10/h4,7H,1-3,5H2. The first kappa shape index (κ1) is 7.97. The second-order valence-corrected chi connectivity index (χ2v) is 4.00. The molecule has 1 aliphatic heterocycles. The van der Waals surface area contributed by atoms with Gasteiger partial charge in [0.2, 0.25) is 0 Å². The van der Waals surface area contributed by atoms with E-state index in [0.717, 1.165) is 19.3 Å². The Morgan fingerprint density at radius 3 is 3.00 bits per heavy atom. The van der Waals surface area contributed by atoms with Gasteiger partial charge in [0.1, 0.15) is 0 Å². The topological polar surface area (TPSA) is 43.4 Å². The number of rotatable bonds is 0. The van der Waals surface area contributed by atoms with E-state index in [0.29, 0.717) is 17.6 Å². The maximum absolute atomic E-state index is 11.4. The van der Waals surface area contributed by atoms with Crippen molar-refractivity contribution in [2.24, 2.45) is 5.92 Å². The molecule has 3 nitrogen and oxygen atoms in total. The van der Waals surface area contributed by atoms with Crippen molar-refractivity contribution in [2.75, 3.05) is 0 Å². The van der Waals surface area contributed by atoms with E-state index in [1.165, 1.54) is 5.57 Å². The molecule has 0 spiro atoms. The predicted octanol–water partition coefficient (Wildman–Crippen LogP) is 1.50. The molecule has 0 radical (unpaired) electrons. The van der Waals surface area contributed by atoms with Gasteiger partial charge in [-0.3, -0.25) is 0 Å². The van der Waals surface area contributed by atoms with Gasteiger partial charge in [0.25, 0.3) is 0 Å². The number of ether oxygens (including phenoxy) is 1. The zero-order chi connectivity index (χ0) is 9.71. The lowest BCUT2D eigenvalue weighted by atomic mass is 9.85. The molecule has 1 fully saturated rings. The summed E-state index contributed by atoms with van der Waals surface area (Å²) in [6, 6.07) is 0. The summed E-state index contributed by atoms with van der Waals surface area (Å²) >= 11 is 0. The molecule has 72 valence electrons. The van der Waals surface area contributed by atoms with E-state index in [1.54, 1.807) is 0 Å². The van der Waals surface area contributed by atoms with Crippen molar-refractivity contribution < 1.29 is 14.3 Å². The van der Waals surface area contributed by atoms with Gasteiger partial charge in [0, 0.05) is 5.92 Å². The summed E-state index contributed by atoms with van der Waals surface area (Å²) in [4.78, 5) is 22.7. The summed E-state index contributed by atoms with van der Waals surface area (Å²) in [5.74, 6) is -0.632. The molecule has 1 unspecified atom stereocenters. The van der Waals surface area contributed by atoms with Gasteiger partial charge < -0.3 is 4.74 Å². The molecule has 0 aromatic rings. The minimum Gasteiger partial charge on any atom is -0.386 e. The van der Waals surface area contributed by atoms with Crippen molar-refractivity contribution in [3.05, 3.63) is 22.8 Å². The van der Waals surface area contributed by atoms with E-state index >= 15 is 0 Å². The van der Waals surface area contributed by atoms with Crippen LogP contribution in [0.1, 0.15) is 25.7 Å². The molecule has 0 saturated heterocycles. The second-order valence-electron chi connectivity index (χ2n) is 4.00. The first-order chi connectivity index (χ1) is 6.77. The summed E-state index contributed by atoms with van der Waals surface area (Å²) in [6.45, 7) is 0. The molecule has 0 amide bonds. The molecule has 0 N–H and O–H groups in total. The van der Waals surface area contributed by atoms with Crippen LogP contribution in [0.2, 0.25) is 0 Å². The molecule has 3 heteroatoms. The fourth-order valence-corrected chi connectivity index (χ4v) is 2.66. The SMILES string of the molecule is O=C1OC(=O)C2=C1CC=C1CCCC12. The average molecular weight is 190 g/mol. The highest BCUT2D eigenvalue weighted by atomic mass is 16.6. The smallest absolute Gasteiger partial charge is 0.343 e. The molecule has 1 atom stereocenters. The third kappa shape index (κ3) is 0.870. The lowest BCUT2D eigenvalue weighted by Crippen LogP contribution is -2.12. The number of fused-ring (bicyclic) bond motifs is 2. The van der Waals surface area contributed by atoms with Crippen molar-refractivity contribution in [1.29, 1.82) is 0 Å². The molecule has 1 heterocycles. The number of hydrogen-bond acceptors (Lipinski definition) is 3. The number of cyclic esters (lactones) is 2. The highest BCUT2D eigenvalue weighted by molar-refractivity contribution is 6.13. The Labute approximate surface area is 81.4 Å². The highest BCUT2D eigenvalue weighted by Crippen LogP contribution is 2.44. The van der Waals surface area contributed by atoms with Crippen molar-refractivity contribution >= 4 is 11.9 Å². The van der Waals surface area contributed by atoms with Crippen LogP contribution in [0.15, 0.2) is 22.8 Å². The summed E-state index contributed by atoms with van der Waals surface area (Å²) in [7, 11) is 0. The van der Waals surface area contributed by atoms with Crippen molar-refractivity contribution in [2.45, 2.75) is 25.7 Å². The fraction of sp³-hybridized carbons (Fsp3) is 0.455. The van der Waals surface area contributed by atoms with Gasteiger partial charge in [-0.2, -0.15) is 0 Å². The third-order valence-corrected chi connectivity index (χ3v) is 3.30. The van der Waals surface area contributed by atoms with Crippen LogP contribution < -0.4 is 0 Å². The van der Waals surface area contributed by atoms with Gasteiger partial charge in [-0.25, -0.2) is 9.59 Å². The van der Waals surface area contributed by atoms with E-state index in [1.807, 2.05) is 0 Å². The minimum atomic E-state index is -0.424. The lowest BCUT2D eigenvalue weighted by molar-refractivity contribution is -0.151. The largest absolute Gasteiger partial charge is 0.386 e. The zero-order valence-corrected chi connectivity index (χ0v) is 7.71. The van der Waals surface area contributed by atoms with Crippen LogP contribution in [0.4, 0.5) is 0 Å². The first-order valence-corrected chi connectivity index (χ1v) is 4.96. The molecule has 3 aliphatic rings. The molecule has 0 bridgehead atoms. The zero-order valence-electron chi connectivity index (χ0n) is 7.71. The Morgan fingerprint density at radius 2 is 2.14 bits per heavy atom. The molecule has 0 aromatic carbocycles. The normalized spacial score (nSPS) is 30.0. The van der Waals surface area contributed by atoms with Crippen LogP contribution in [-0.2, 0) is 14.3 Å². The maximum Gasteiger partial charge on any atom is 0.343 e. The number of allylic oxidation sites excluding steroid dienone is 2. The van der Waals surface area contributed by atoms with E-state index in [-0.39, 0.29) is 5.92 Å². The Morgan fingerprint density at radius 1 is 1.29 bits per heavy atom. The highest BCUT2D eigenvalue weighted by Gasteiger charge is 2.41. The fourth-order valence-electron chi connectivity index (χ4n) is 2.66. The van der Waals surface area contributed by atoms with E-state index in [2.05, 4.69) is 10.8 Å². The van der Waals surface area contributed by atoms with Gasteiger partial charge in [0.05, 0.1) is 11.1 Å². The Bertz CT molecular complexity index is 401. The number of esters is 2. The van der Waals surface area contributed by atoms with Crippen LogP contribution in [-0.4, -0.2) is 11.9 Å². The van der Waals surface area contributed by atoms with Crippen LogP contribution in [0.3, 0.4) is 0 Å². The summed E-state index contributed by atoms with van der Waals surface area (Å²) in [5.41, 5.74) is 2.59. The van der Waals surface area contributed by atoms with Gasteiger partial charge in [0.15, 0.2) is 0 Å². The van der Waals surface area contributed by atoms with Crippen molar-refractivity contribution in [3.8, 4) is 0 Å². The molecule has 1 saturated carbocycles.